The fourth-order valence-electron chi connectivity index (χ4n) is 2.44. The number of hydrogen-bond donors (Lipinski definition) is 0. The van der Waals surface area contributed by atoms with Gasteiger partial charge in [-0.2, -0.15) is 0 Å². The summed E-state index contributed by atoms with van der Waals surface area (Å²) in [6.07, 6.45) is 0. The molecule has 0 saturated carbocycles. The zero-order valence-corrected chi connectivity index (χ0v) is 20.4. The van der Waals surface area contributed by atoms with Crippen LogP contribution in [0, 0.1) is 0 Å². The van der Waals surface area contributed by atoms with Crippen LogP contribution < -0.4 is 9.05 Å². The molecule has 0 bridgehead atoms. The van der Waals surface area contributed by atoms with Gasteiger partial charge in [0.05, 0.1) is 16.3 Å². The van der Waals surface area contributed by atoms with Crippen LogP contribution in [-0.2, 0) is 13.7 Å². The summed E-state index contributed by atoms with van der Waals surface area (Å²) < 4.78 is 12.8. The van der Waals surface area contributed by atoms with E-state index in [4.69, 9.17) is 9.05 Å². The van der Waals surface area contributed by atoms with Gasteiger partial charge < -0.3 is 9.05 Å². The van der Waals surface area contributed by atoms with Gasteiger partial charge in [-0.05, 0) is 12.1 Å². The van der Waals surface area contributed by atoms with Crippen molar-refractivity contribution in [2.24, 2.45) is 0 Å². The molecule has 0 heterocycles. The third-order valence-electron chi connectivity index (χ3n) is 3.29. The monoisotopic (exact) mass is 479 g/mol. The van der Waals surface area contributed by atoms with E-state index < -0.39 is 16.3 Å². The Labute approximate surface area is 166 Å². The van der Waals surface area contributed by atoms with E-state index in [9.17, 15) is 0 Å². The van der Waals surface area contributed by atoms with Gasteiger partial charge in [0.25, 0.3) is 0 Å². The van der Waals surface area contributed by atoms with E-state index in [0.29, 0.717) is 22.6 Å². The molecular formula is C18H32BrNiO2P2. The van der Waals surface area contributed by atoms with Gasteiger partial charge >= 0.3 is 27.9 Å². The summed E-state index contributed by atoms with van der Waals surface area (Å²) in [4.78, 5) is 0. The predicted octanol–water partition coefficient (Wildman–Crippen LogP) is 7.71. The maximum absolute atomic E-state index is 6.38. The Morgan fingerprint density at radius 3 is 1.12 bits per heavy atom. The van der Waals surface area contributed by atoms with Crippen molar-refractivity contribution in [3.8, 4) is 11.5 Å². The summed E-state index contributed by atoms with van der Waals surface area (Å²) in [7, 11) is -0.999. The first-order valence-corrected chi connectivity index (χ1v) is 13.6. The van der Waals surface area contributed by atoms with Crippen molar-refractivity contribution >= 4 is 30.5 Å². The van der Waals surface area contributed by atoms with Crippen molar-refractivity contribution in [2.45, 2.75) is 78.0 Å². The fourth-order valence-corrected chi connectivity index (χ4v) is 6.43. The average Bonchev–Trinajstić information content (AvgIpc) is 2.51. The Hall–Kier alpha value is 0.654. The van der Waals surface area contributed by atoms with E-state index in [0.717, 1.165) is 11.5 Å². The molecule has 0 radical (unpaired) electrons. The Morgan fingerprint density at radius 2 is 0.917 bits per heavy atom. The second kappa shape index (κ2) is 12.9. The van der Waals surface area contributed by atoms with E-state index in [2.05, 4.69) is 83.3 Å². The molecule has 0 aromatic heterocycles. The number of hydrogen-bond acceptors (Lipinski definition) is 2. The average molecular weight is 481 g/mol. The normalized spacial score (nSPS) is 11.5. The molecule has 0 aliphatic heterocycles. The summed E-state index contributed by atoms with van der Waals surface area (Å²) in [6, 6.07) is 8.15. The molecule has 0 spiro atoms. The van der Waals surface area contributed by atoms with Crippen molar-refractivity contribution in [3.63, 3.8) is 0 Å². The fraction of sp³-hybridized carbons (Fsp3) is 0.667. The standard InChI is InChI=1S/C18H32O2P2.BrH.Ni/c1-13(2)21(14(3)4)19-17-11-9-10-12-18(17)20-22(15(5)6)16(7)8;;/h9-16H,1-8H3;1H;/q;;+1/p-1. The number of benzene rings is 1. The summed E-state index contributed by atoms with van der Waals surface area (Å²) >= 11 is 6.25. The summed E-state index contributed by atoms with van der Waals surface area (Å²) in [5.41, 5.74) is 2.17. The molecule has 6 heteroatoms. The third-order valence-corrected chi connectivity index (χ3v) is 8.18. The van der Waals surface area contributed by atoms with Crippen LogP contribution in [0.5, 0.6) is 11.5 Å². The molecule has 0 unspecified atom stereocenters. The molecule has 0 atom stereocenters. The van der Waals surface area contributed by atoms with Crippen molar-refractivity contribution in [1.29, 1.82) is 0 Å². The summed E-state index contributed by atoms with van der Waals surface area (Å²) in [6.45, 7) is 17.9. The Morgan fingerprint density at radius 1 is 0.667 bits per heavy atom. The molecule has 0 amide bonds. The first-order chi connectivity index (χ1) is 11.2. The molecule has 0 fully saturated rings. The van der Waals surface area contributed by atoms with Gasteiger partial charge in [-0.15, -0.1) is 0 Å². The third kappa shape index (κ3) is 8.36. The van der Waals surface area contributed by atoms with Crippen molar-refractivity contribution in [2.75, 3.05) is 0 Å². The van der Waals surface area contributed by atoms with E-state index in [1.807, 2.05) is 24.3 Å². The molecule has 0 aliphatic carbocycles. The summed E-state index contributed by atoms with van der Waals surface area (Å²) in [5.74, 6) is 1.81. The van der Waals surface area contributed by atoms with Gasteiger partial charge in [0.1, 0.15) is 0 Å². The van der Waals surface area contributed by atoms with Gasteiger partial charge in [0.15, 0.2) is 11.5 Å². The first-order valence-electron chi connectivity index (χ1n) is 8.37. The molecule has 1 rings (SSSR count). The van der Waals surface area contributed by atoms with Crippen LogP contribution in [0.25, 0.3) is 0 Å². The van der Waals surface area contributed by atoms with Crippen LogP contribution >= 0.6 is 30.5 Å². The van der Waals surface area contributed by atoms with Crippen molar-refractivity contribution in [3.05, 3.63) is 24.3 Å². The Balaban J connectivity index is 0.00000254. The van der Waals surface area contributed by atoms with Gasteiger partial charge in [-0.25, -0.2) is 0 Å². The van der Waals surface area contributed by atoms with Crippen molar-refractivity contribution < 1.29 is 22.7 Å². The number of para-hydroxylation sites is 2. The van der Waals surface area contributed by atoms with Crippen LogP contribution in [0.15, 0.2) is 24.3 Å². The van der Waals surface area contributed by atoms with E-state index >= 15 is 0 Å². The van der Waals surface area contributed by atoms with Gasteiger partial charge in [-0.3, -0.25) is 0 Å². The van der Waals surface area contributed by atoms with E-state index in [1.165, 1.54) is 0 Å². The first kappa shape index (κ1) is 24.7. The van der Waals surface area contributed by atoms with Crippen LogP contribution in [0.2, 0.25) is 0 Å². The van der Waals surface area contributed by atoms with Gasteiger partial charge in [-0.1, -0.05) is 67.5 Å². The molecule has 0 saturated heterocycles. The quantitative estimate of drug-likeness (QED) is 0.280. The van der Waals surface area contributed by atoms with E-state index in [1.54, 1.807) is 0 Å². The SMILES string of the molecule is CC(C)P(Oc1ccccc1OP(C(C)C)C(C)C)C(C)C.[Ni][Br]. The molecular weight excluding hydrogens is 449 g/mol. The van der Waals surface area contributed by atoms with Crippen LogP contribution in [0.1, 0.15) is 55.4 Å². The predicted molar refractivity (Wildman–Crippen MR) is 111 cm³/mol. The van der Waals surface area contributed by atoms with Gasteiger partial charge in [0, 0.05) is 22.6 Å². The zero-order valence-electron chi connectivity index (χ0n) is 16.0. The molecule has 0 aliphatic rings. The molecule has 1 aromatic rings. The molecule has 143 valence electrons. The molecule has 1 aromatic carbocycles. The zero-order chi connectivity index (χ0) is 18.9. The second-order valence-corrected chi connectivity index (χ2v) is 12.7. The Bertz CT molecular complexity index is 399. The minimum absolute atomic E-state index is 0.500. The second-order valence-electron chi connectivity index (χ2n) is 6.72. The number of rotatable bonds is 8. The molecule has 0 N–H and O–H groups in total. The Kier molecular flexibility index (Phi) is 13.3. The number of halogens is 1. The van der Waals surface area contributed by atoms with Crippen molar-refractivity contribution in [1.82, 2.24) is 0 Å². The van der Waals surface area contributed by atoms with Crippen LogP contribution in [0.3, 0.4) is 0 Å². The van der Waals surface area contributed by atoms with Crippen LogP contribution in [-0.4, -0.2) is 22.6 Å². The van der Waals surface area contributed by atoms with Crippen LogP contribution in [0.4, 0.5) is 0 Å². The van der Waals surface area contributed by atoms with Gasteiger partial charge in [0.2, 0.25) is 0 Å². The summed E-state index contributed by atoms with van der Waals surface area (Å²) in [5, 5.41) is 0. The minimum atomic E-state index is -0.500. The molecule has 2 nitrogen and oxygen atoms in total. The molecule has 24 heavy (non-hydrogen) atoms. The maximum atomic E-state index is 6.38. The topological polar surface area (TPSA) is 18.5 Å². The van der Waals surface area contributed by atoms with E-state index in [-0.39, 0.29) is 0 Å².